The molecule has 1 N–H and O–H groups in total. The van der Waals surface area contributed by atoms with E-state index in [0.29, 0.717) is 0 Å². The SMILES string of the molecule is CC(CO)(CN1Cc2ccccc2C1)c1ccccc1. The average molecular weight is 267 g/mol. The van der Waals surface area contributed by atoms with Crippen molar-refractivity contribution in [1.82, 2.24) is 4.90 Å². The van der Waals surface area contributed by atoms with Gasteiger partial charge in [-0.25, -0.2) is 0 Å². The first-order valence-electron chi connectivity index (χ1n) is 7.17. The molecule has 0 saturated heterocycles. The van der Waals surface area contributed by atoms with Crippen LogP contribution in [0.4, 0.5) is 0 Å². The molecule has 0 bridgehead atoms. The lowest BCUT2D eigenvalue weighted by molar-refractivity contribution is 0.143. The summed E-state index contributed by atoms with van der Waals surface area (Å²) >= 11 is 0. The van der Waals surface area contributed by atoms with Crippen LogP contribution in [-0.2, 0) is 18.5 Å². The van der Waals surface area contributed by atoms with Gasteiger partial charge in [-0.1, -0.05) is 61.5 Å². The lowest BCUT2D eigenvalue weighted by atomic mass is 9.83. The molecule has 0 amide bonds. The number of nitrogens with zero attached hydrogens (tertiary/aromatic N) is 1. The summed E-state index contributed by atoms with van der Waals surface area (Å²) < 4.78 is 0. The normalized spacial score (nSPS) is 17.7. The molecule has 2 aromatic rings. The number of hydrogen-bond acceptors (Lipinski definition) is 2. The van der Waals surface area contributed by atoms with Crippen LogP contribution >= 0.6 is 0 Å². The molecule has 0 fully saturated rings. The second-order valence-electron chi connectivity index (χ2n) is 6.00. The van der Waals surface area contributed by atoms with Gasteiger partial charge in [0, 0.05) is 25.0 Å². The van der Waals surface area contributed by atoms with Crippen molar-refractivity contribution >= 4 is 0 Å². The Bertz CT molecular complexity index is 556. The highest BCUT2D eigenvalue weighted by Gasteiger charge is 2.30. The first-order chi connectivity index (χ1) is 9.71. The Balaban J connectivity index is 1.77. The van der Waals surface area contributed by atoms with E-state index in [9.17, 15) is 5.11 Å². The van der Waals surface area contributed by atoms with Crippen LogP contribution in [0.1, 0.15) is 23.6 Å². The van der Waals surface area contributed by atoms with Gasteiger partial charge in [-0.15, -0.1) is 0 Å². The van der Waals surface area contributed by atoms with Crippen LogP contribution in [-0.4, -0.2) is 23.2 Å². The summed E-state index contributed by atoms with van der Waals surface area (Å²) in [6, 6.07) is 18.9. The molecule has 2 nitrogen and oxygen atoms in total. The molecular formula is C18H21NO. The molecule has 104 valence electrons. The van der Waals surface area contributed by atoms with Crippen molar-refractivity contribution in [2.75, 3.05) is 13.2 Å². The second kappa shape index (κ2) is 5.39. The van der Waals surface area contributed by atoms with E-state index in [4.69, 9.17) is 0 Å². The number of hydrogen-bond donors (Lipinski definition) is 1. The summed E-state index contributed by atoms with van der Waals surface area (Å²) in [5, 5.41) is 9.89. The highest BCUT2D eigenvalue weighted by atomic mass is 16.3. The van der Waals surface area contributed by atoms with Gasteiger partial charge < -0.3 is 5.11 Å². The van der Waals surface area contributed by atoms with Gasteiger partial charge in [-0.2, -0.15) is 0 Å². The van der Waals surface area contributed by atoms with E-state index in [-0.39, 0.29) is 12.0 Å². The minimum absolute atomic E-state index is 0.170. The minimum atomic E-state index is -0.205. The van der Waals surface area contributed by atoms with Gasteiger partial charge in [0.05, 0.1) is 6.61 Å². The van der Waals surface area contributed by atoms with Gasteiger partial charge in [-0.05, 0) is 16.7 Å². The highest BCUT2D eigenvalue weighted by Crippen LogP contribution is 2.29. The Kier molecular flexibility index (Phi) is 3.60. The molecule has 2 aromatic carbocycles. The van der Waals surface area contributed by atoms with Crippen molar-refractivity contribution < 1.29 is 5.11 Å². The van der Waals surface area contributed by atoms with Crippen LogP contribution in [0.5, 0.6) is 0 Å². The monoisotopic (exact) mass is 267 g/mol. The van der Waals surface area contributed by atoms with Gasteiger partial charge in [0.2, 0.25) is 0 Å². The molecule has 2 heteroatoms. The van der Waals surface area contributed by atoms with E-state index in [0.717, 1.165) is 19.6 Å². The maximum absolute atomic E-state index is 9.89. The second-order valence-corrected chi connectivity index (χ2v) is 6.00. The van der Waals surface area contributed by atoms with Crippen LogP contribution in [0, 0.1) is 0 Å². The molecule has 1 aliphatic rings. The van der Waals surface area contributed by atoms with Crippen molar-refractivity contribution in [3.63, 3.8) is 0 Å². The van der Waals surface area contributed by atoms with Crippen LogP contribution in [0.25, 0.3) is 0 Å². The molecule has 0 radical (unpaired) electrons. The number of aliphatic hydroxyl groups is 1. The zero-order valence-electron chi connectivity index (χ0n) is 11.9. The van der Waals surface area contributed by atoms with E-state index in [2.05, 4.69) is 48.2 Å². The number of benzene rings is 2. The van der Waals surface area contributed by atoms with E-state index in [1.165, 1.54) is 16.7 Å². The Morgan fingerprint density at radius 2 is 1.50 bits per heavy atom. The third-order valence-electron chi connectivity index (χ3n) is 4.30. The molecule has 20 heavy (non-hydrogen) atoms. The predicted octanol–water partition coefficient (Wildman–Crippen LogP) is 2.95. The Labute approximate surface area is 120 Å². The lowest BCUT2D eigenvalue weighted by Gasteiger charge is -2.32. The molecule has 0 aromatic heterocycles. The maximum Gasteiger partial charge on any atom is 0.0537 e. The first kappa shape index (κ1) is 13.3. The fourth-order valence-corrected chi connectivity index (χ4v) is 3.08. The van der Waals surface area contributed by atoms with E-state index < -0.39 is 0 Å². The predicted molar refractivity (Wildman–Crippen MR) is 81.4 cm³/mol. The van der Waals surface area contributed by atoms with E-state index in [1.807, 2.05) is 18.2 Å². The Morgan fingerprint density at radius 1 is 0.950 bits per heavy atom. The molecular weight excluding hydrogens is 246 g/mol. The van der Waals surface area contributed by atoms with Crippen LogP contribution in [0.2, 0.25) is 0 Å². The molecule has 0 saturated carbocycles. The van der Waals surface area contributed by atoms with Gasteiger partial charge in [-0.3, -0.25) is 4.90 Å². The van der Waals surface area contributed by atoms with Crippen molar-refractivity contribution in [2.24, 2.45) is 0 Å². The van der Waals surface area contributed by atoms with Crippen molar-refractivity contribution in [3.8, 4) is 0 Å². The van der Waals surface area contributed by atoms with Crippen molar-refractivity contribution in [2.45, 2.75) is 25.4 Å². The fourth-order valence-electron chi connectivity index (χ4n) is 3.08. The number of fused-ring (bicyclic) bond motifs is 1. The average Bonchev–Trinajstić information content (AvgIpc) is 2.90. The zero-order chi connectivity index (χ0) is 14.0. The molecule has 0 spiro atoms. The molecule has 1 aliphatic heterocycles. The summed E-state index contributed by atoms with van der Waals surface area (Å²) in [6.45, 7) is 5.16. The quantitative estimate of drug-likeness (QED) is 0.920. The van der Waals surface area contributed by atoms with E-state index in [1.54, 1.807) is 0 Å². The van der Waals surface area contributed by atoms with Crippen LogP contribution in [0.3, 0.4) is 0 Å². The van der Waals surface area contributed by atoms with Crippen molar-refractivity contribution in [1.29, 1.82) is 0 Å². The van der Waals surface area contributed by atoms with Gasteiger partial charge in [0.1, 0.15) is 0 Å². The zero-order valence-corrected chi connectivity index (χ0v) is 11.9. The third kappa shape index (κ3) is 2.49. The molecule has 1 unspecified atom stereocenters. The topological polar surface area (TPSA) is 23.5 Å². The van der Waals surface area contributed by atoms with Gasteiger partial charge in [0.15, 0.2) is 0 Å². The van der Waals surface area contributed by atoms with Crippen LogP contribution in [0.15, 0.2) is 54.6 Å². The summed E-state index contributed by atoms with van der Waals surface area (Å²) in [5.41, 5.74) is 3.84. The van der Waals surface area contributed by atoms with Crippen LogP contribution < -0.4 is 0 Å². The standard InChI is InChI=1S/C18H21NO/c1-18(14-20,17-9-3-2-4-10-17)13-19-11-15-7-5-6-8-16(15)12-19/h2-10,20H,11-14H2,1H3. The smallest absolute Gasteiger partial charge is 0.0537 e. The number of aliphatic hydroxyl groups excluding tert-OH is 1. The fraction of sp³-hybridized carbons (Fsp3) is 0.333. The molecule has 1 atom stereocenters. The molecule has 3 rings (SSSR count). The summed E-state index contributed by atoms with van der Waals surface area (Å²) in [6.07, 6.45) is 0. The Morgan fingerprint density at radius 3 is 2.05 bits per heavy atom. The third-order valence-corrected chi connectivity index (χ3v) is 4.30. The first-order valence-corrected chi connectivity index (χ1v) is 7.17. The highest BCUT2D eigenvalue weighted by molar-refractivity contribution is 5.31. The number of rotatable bonds is 4. The summed E-state index contributed by atoms with van der Waals surface area (Å²) in [4.78, 5) is 2.42. The lowest BCUT2D eigenvalue weighted by Crippen LogP contribution is -2.39. The Hall–Kier alpha value is -1.64. The molecule has 0 aliphatic carbocycles. The minimum Gasteiger partial charge on any atom is -0.395 e. The summed E-state index contributed by atoms with van der Waals surface area (Å²) in [7, 11) is 0. The van der Waals surface area contributed by atoms with E-state index >= 15 is 0 Å². The maximum atomic E-state index is 9.89. The largest absolute Gasteiger partial charge is 0.395 e. The van der Waals surface area contributed by atoms with Gasteiger partial charge >= 0.3 is 0 Å². The van der Waals surface area contributed by atoms with Crippen molar-refractivity contribution in [3.05, 3.63) is 71.3 Å². The molecule has 1 heterocycles. The van der Waals surface area contributed by atoms with Gasteiger partial charge in [0.25, 0.3) is 0 Å². The summed E-state index contributed by atoms with van der Waals surface area (Å²) in [5.74, 6) is 0.